The van der Waals surface area contributed by atoms with Crippen LogP contribution in [0.2, 0.25) is 0 Å². The number of rotatable bonds is 6. The SMILES string of the molecule is C=CC(O)N(C)c1cccc(-c2c[nH]c3ncc(NC(=O)OC(C)C)cc23)c1. The second kappa shape index (κ2) is 8.14. The fraction of sp³-hybridized carbons (Fsp3) is 0.238. The largest absolute Gasteiger partial charge is 0.447 e. The minimum Gasteiger partial charge on any atom is -0.447 e. The lowest BCUT2D eigenvalue weighted by Gasteiger charge is -2.23. The molecule has 0 aliphatic rings. The second-order valence-corrected chi connectivity index (χ2v) is 6.71. The molecule has 1 amide bonds. The van der Waals surface area contributed by atoms with Crippen molar-refractivity contribution >= 4 is 28.5 Å². The molecule has 0 radical (unpaired) electrons. The molecular formula is C21H24N4O3. The van der Waals surface area contributed by atoms with Gasteiger partial charge in [0.1, 0.15) is 11.9 Å². The molecule has 0 saturated carbocycles. The number of likely N-dealkylation sites (N-methyl/N-ethyl adjacent to an activating group) is 1. The van der Waals surface area contributed by atoms with Crippen LogP contribution in [0.1, 0.15) is 13.8 Å². The zero-order chi connectivity index (χ0) is 20.3. The molecule has 0 fully saturated rings. The lowest BCUT2D eigenvalue weighted by atomic mass is 10.0. The van der Waals surface area contributed by atoms with E-state index in [0.29, 0.717) is 11.3 Å². The maximum atomic E-state index is 11.9. The number of hydrogen-bond acceptors (Lipinski definition) is 5. The van der Waals surface area contributed by atoms with Gasteiger partial charge in [-0.05, 0) is 43.7 Å². The van der Waals surface area contributed by atoms with Crippen molar-refractivity contribution < 1.29 is 14.6 Å². The number of ether oxygens (including phenoxy) is 1. The van der Waals surface area contributed by atoms with Crippen LogP contribution in [0.4, 0.5) is 16.2 Å². The van der Waals surface area contributed by atoms with Crippen LogP contribution in [0.3, 0.4) is 0 Å². The molecule has 3 rings (SSSR count). The van der Waals surface area contributed by atoms with E-state index in [4.69, 9.17) is 4.74 Å². The quantitative estimate of drug-likeness (QED) is 0.442. The predicted octanol–water partition coefficient (Wildman–Crippen LogP) is 4.13. The van der Waals surface area contributed by atoms with Crippen LogP contribution in [0.25, 0.3) is 22.2 Å². The number of carbonyl (C=O) groups is 1. The number of hydrogen-bond donors (Lipinski definition) is 3. The molecule has 1 unspecified atom stereocenters. The number of aliphatic hydroxyl groups excluding tert-OH is 1. The Labute approximate surface area is 163 Å². The molecule has 28 heavy (non-hydrogen) atoms. The van der Waals surface area contributed by atoms with Crippen LogP contribution in [-0.4, -0.2) is 40.5 Å². The van der Waals surface area contributed by atoms with E-state index in [2.05, 4.69) is 21.9 Å². The van der Waals surface area contributed by atoms with Gasteiger partial charge < -0.3 is 19.7 Å². The maximum Gasteiger partial charge on any atom is 0.411 e. The number of amides is 1. The average Bonchev–Trinajstić information content (AvgIpc) is 3.09. The first-order chi connectivity index (χ1) is 13.4. The summed E-state index contributed by atoms with van der Waals surface area (Å²) in [6.45, 7) is 7.20. The van der Waals surface area contributed by atoms with E-state index in [0.717, 1.165) is 22.2 Å². The fourth-order valence-corrected chi connectivity index (χ4v) is 2.88. The Kier molecular flexibility index (Phi) is 5.65. The van der Waals surface area contributed by atoms with Gasteiger partial charge in [-0.1, -0.05) is 18.7 Å². The summed E-state index contributed by atoms with van der Waals surface area (Å²) in [5, 5.41) is 13.6. The highest BCUT2D eigenvalue weighted by molar-refractivity contribution is 5.97. The van der Waals surface area contributed by atoms with Crippen molar-refractivity contribution in [1.82, 2.24) is 9.97 Å². The molecule has 2 heterocycles. The number of benzene rings is 1. The van der Waals surface area contributed by atoms with E-state index in [-0.39, 0.29) is 6.10 Å². The lowest BCUT2D eigenvalue weighted by Crippen LogP contribution is -2.28. The summed E-state index contributed by atoms with van der Waals surface area (Å²) in [5.74, 6) is 0. The number of anilines is 2. The standard InChI is InChI=1S/C21H24N4O3/c1-5-19(26)25(4)16-8-6-7-14(9-16)18-12-23-20-17(18)10-15(11-22-20)24-21(27)28-13(2)3/h5-13,19,26H,1H2,2-4H3,(H,22,23)(H,24,27). The number of aliphatic hydroxyl groups is 1. The summed E-state index contributed by atoms with van der Waals surface area (Å²) in [6, 6.07) is 9.64. The van der Waals surface area contributed by atoms with Crippen LogP contribution in [0.5, 0.6) is 0 Å². The van der Waals surface area contributed by atoms with E-state index in [1.807, 2.05) is 36.5 Å². The molecule has 2 aromatic heterocycles. The molecule has 0 bridgehead atoms. The minimum absolute atomic E-state index is 0.204. The Morgan fingerprint density at radius 3 is 2.89 bits per heavy atom. The van der Waals surface area contributed by atoms with Crippen LogP contribution in [0.15, 0.2) is 55.4 Å². The third kappa shape index (κ3) is 4.15. The predicted molar refractivity (Wildman–Crippen MR) is 111 cm³/mol. The summed E-state index contributed by atoms with van der Waals surface area (Å²) < 4.78 is 5.11. The van der Waals surface area contributed by atoms with Gasteiger partial charge in [-0.15, -0.1) is 0 Å². The first-order valence-corrected chi connectivity index (χ1v) is 8.97. The van der Waals surface area contributed by atoms with Gasteiger partial charge in [0.15, 0.2) is 0 Å². The summed E-state index contributed by atoms with van der Waals surface area (Å²) in [5.41, 5.74) is 4.00. The summed E-state index contributed by atoms with van der Waals surface area (Å²) in [7, 11) is 1.80. The Hall–Kier alpha value is -3.32. The molecular weight excluding hydrogens is 356 g/mol. The molecule has 0 aliphatic heterocycles. The van der Waals surface area contributed by atoms with E-state index in [9.17, 15) is 9.90 Å². The number of carbonyl (C=O) groups excluding carboxylic acids is 1. The van der Waals surface area contributed by atoms with E-state index < -0.39 is 12.3 Å². The van der Waals surface area contributed by atoms with Gasteiger partial charge >= 0.3 is 6.09 Å². The number of H-pyrrole nitrogens is 1. The van der Waals surface area contributed by atoms with E-state index in [1.54, 1.807) is 32.0 Å². The van der Waals surface area contributed by atoms with Gasteiger partial charge in [0.05, 0.1) is 18.0 Å². The van der Waals surface area contributed by atoms with Crippen LogP contribution >= 0.6 is 0 Å². The normalized spacial score (nSPS) is 12.0. The number of nitrogens with zero attached hydrogens (tertiary/aromatic N) is 2. The first-order valence-electron chi connectivity index (χ1n) is 8.97. The zero-order valence-electron chi connectivity index (χ0n) is 16.1. The highest BCUT2D eigenvalue weighted by atomic mass is 16.6. The van der Waals surface area contributed by atoms with Crippen molar-refractivity contribution in [2.75, 3.05) is 17.3 Å². The zero-order valence-corrected chi connectivity index (χ0v) is 16.1. The van der Waals surface area contributed by atoms with Gasteiger partial charge in [0.2, 0.25) is 0 Å². The number of nitrogens with one attached hydrogen (secondary N) is 2. The van der Waals surface area contributed by atoms with Crippen molar-refractivity contribution in [1.29, 1.82) is 0 Å². The fourth-order valence-electron chi connectivity index (χ4n) is 2.88. The average molecular weight is 380 g/mol. The molecule has 7 nitrogen and oxygen atoms in total. The summed E-state index contributed by atoms with van der Waals surface area (Å²) >= 11 is 0. The Morgan fingerprint density at radius 2 is 2.18 bits per heavy atom. The molecule has 0 saturated heterocycles. The molecule has 0 aliphatic carbocycles. The maximum absolute atomic E-state index is 11.9. The van der Waals surface area contributed by atoms with Crippen LogP contribution in [0, 0.1) is 0 Å². The van der Waals surface area contributed by atoms with Gasteiger partial charge in [0, 0.05) is 29.9 Å². The minimum atomic E-state index is -0.775. The molecule has 146 valence electrons. The van der Waals surface area contributed by atoms with Gasteiger partial charge in [-0.2, -0.15) is 0 Å². The summed E-state index contributed by atoms with van der Waals surface area (Å²) in [6.07, 6.45) is 3.42. The Morgan fingerprint density at radius 1 is 1.39 bits per heavy atom. The Balaban J connectivity index is 1.94. The summed E-state index contributed by atoms with van der Waals surface area (Å²) in [4.78, 5) is 21.1. The molecule has 7 heteroatoms. The van der Waals surface area contributed by atoms with Crippen LogP contribution < -0.4 is 10.2 Å². The molecule has 1 atom stereocenters. The van der Waals surface area contributed by atoms with Gasteiger partial charge in [-0.3, -0.25) is 5.32 Å². The van der Waals surface area contributed by atoms with Crippen molar-refractivity contribution in [2.45, 2.75) is 26.2 Å². The second-order valence-electron chi connectivity index (χ2n) is 6.71. The van der Waals surface area contributed by atoms with Crippen molar-refractivity contribution in [3.8, 4) is 11.1 Å². The Bertz CT molecular complexity index is 996. The highest BCUT2D eigenvalue weighted by Gasteiger charge is 2.13. The van der Waals surface area contributed by atoms with E-state index >= 15 is 0 Å². The third-order valence-corrected chi connectivity index (χ3v) is 4.29. The highest BCUT2D eigenvalue weighted by Crippen LogP contribution is 2.31. The van der Waals surface area contributed by atoms with Crippen LogP contribution in [-0.2, 0) is 4.74 Å². The lowest BCUT2D eigenvalue weighted by molar-refractivity contribution is 0.130. The molecule has 0 spiro atoms. The topological polar surface area (TPSA) is 90.5 Å². The molecule has 3 N–H and O–H groups in total. The van der Waals surface area contributed by atoms with Crippen molar-refractivity contribution in [2.24, 2.45) is 0 Å². The monoisotopic (exact) mass is 380 g/mol. The third-order valence-electron chi connectivity index (χ3n) is 4.29. The van der Waals surface area contributed by atoms with Gasteiger partial charge in [0.25, 0.3) is 0 Å². The number of aromatic amines is 1. The van der Waals surface area contributed by atoms with E-state index in [1.165, 1.54) is 6.08 Å². The number of pyridine rings is 1. The van der Waals surface area contributed by atoms with Crippen molar-refractivity contribution in [3.05, 3.63) is 55.4 Å². The van der Waals surface area contributed by atoms with Gasteiger partial charge in [-0.25, -0.2) is 9.78 Å². The first kappa shape index (κ1) is 19.4. The number of fused-ring (bicyclic) bond motifs is 1. The molecule has 3 aromatic rings. The van der Waals surface area contributed by atoms with Crippen molar-refractivity contribution in [3.63, 3.8) is 0 Å². The number of aromatic nitrogens is 2. The smallest absolute Gasteiger partial charge is 0.411 e. The molecule has 1 aromatic carbocycles.